The molecule has 1 aliphatic rings. The summed E-state index contributed by atoms with van der Waals surface area (Å²) in [6, 6.07) is 9.71. The summed E-state index contributed by atoms with van der Waals surface area (Å²) >= 11 is 0. The zero-order valence-electron chi connectivity index (χ0n) is 16.4. The molecule has 148 valence electrons. The average molecular weight is 474 g/mol. The van der Waals surface area contributed by atoms with Gasteiger partial charge in [0, 0.05) is 26.2 Å². The van der Waals surface area contributed by atoms with Gasteiger partial charge in [0.1, 0.15) is 5.60 Å². The largest absolute Gasteiger partial charge is 0.384 e. The summed E-state index contributed by atoms with van der Waals surface area (Å²) < 4.78 is 0. The van der Waals surface area contributed by atoms with Crippen molar-refractivity contribution in [2.24, 2.45) is 10.9 Å². The Kier molecular flexibility index (Phi) is 10.5. The number of nitrogens with one attached hydrogen (secondary N) is 2. The predicted octanol–water partition coefficient (Wildman–Crippen LogP) is 2.80. The summed E-state index contributed by atoms with van der Waals surface area (Å²) in [6.07, 6.45) is 2.65. The molecule has 3 N–H and O–H groups in total. The quantitative estimate of drug-likeness (QED) is 0.323. The van der Waals surface area contributed by atoms with Gasteiger partial charge in [-0.3, -0.25) is 0 Å². The Balaban J connectivity index is 0.00000338. The standard InChI is InChI=1S/C20H34N4O.HI/c1-4-21-19(22-12-14-24-13-8-9-17(2)15-24)23-16-20(3,25)18-10-6-5-7-11-18;/h5-7,10-11,17,25H,4,8-9,12-16H2,1-3H3,(H2,21,22,23);1H. The lowest BCUT2D eigenvalue weighted by atomic mass is 9.96. The highest BCUT2D eigenvalue weighted by atomic mass is 127. The molecule has 5 nitrogen and oxygen atoms in total. The Labute approximate surface area is 175 Å². The molecule has 1 aromatic rings. The van der Waals surface area contributed by atoms with Gasteiger partial charge in [0.15, 0.2) is 5.96 Å². The van der Waals surface area contributed by atoms with Gasteiger partial charge in [0.25, 0.3) is 0 Å². The second kappa shape index (κ2) is 11.8. The maximum Gasteiger partial charge on any atom is 0.191 e. The number of benzene rings is 1. The fraction of sp³-hybridized carbons (Fsp3) is 0.650. The van der Waals surface area contributed by atoms with Crippen molar-refractivity contribution in [3.8, 4) is 0 Å². The maximum absolute atomic E-state index is 10.7. The Morgan fingerprint density at radius 2 is 2.04 bits per heavy atom. The lowest BCUT2D eigenvalue weighted by Crippen LogP contribution is -2.44. The summed E-state index contributed by atoms with van der Waals surface area (Å²) in [5.41, 5.74) is -0.0803. The number of piperidine rings is 1. The molecule has 2 unspecified atom stereocenters. The Bertz CT molecular complexity index is 536. The van der Waals surface area contributed by atoms with Crippen LogP contribution in [0.5, 0.6) is 0 Å². The van der Waals surface area contributed by atoms with Gasteiger partial charge in [-0.1, -0.05) is 37.3 Å². The fourth-order valence-electron chi connectivity index (χ4n) is 3.29. The molecule has 2 rings (SSSR count). The van der Waals surface area contributed by atoms with E-state index in [1.165, 1.54) is 25.9 Å². The SMILES string of the molecule is CCNC(=NCC(C)(O)c1ccccc1)NCCN1CCCC(C)C1.I. The molecular weight excluding hydrogens is 439 g/mol. The van der Waals surface area contributed by atoms with Crippen LogP contribution in [-0.4, -0.2) is 55.2 Å². The molecule has 1 aromatic carbocycles. The van der Waals surface area contributed by atoms with Crippen LogP contribution in [0.15, 0.2) is 35.3 Å². The van der Waals surface area contributed by atoms with Crippen molar-refractivity contribution in [1.29, 1.82) is 0 Å². The third-order valence-corrected chi connectivity index (χ3v) is 4.75. The molecule has 1 aliphatic heterocycles. The molecule has 6 heteroatoms. The molecule has 2 atom stereocenters. The third kappa shape index (κ3) is 7.80. The summed E-state index contributed by atoms with van der Waals surface area (Å²) in [5.74, 6) is 1.57. The fourth-order valence-corrected chi connectivity index (χ4v) is 3.29. The summed E-state index contributed by atoms with van der Waals surface area (Å²) in [4.78, 5) is 7.10. The maximum atomic E-state index is 10.7. The van der Waals surface area contributed by atoms with Crippen molar-refractivity contribution < 1.29 is 5.11 Å². The van der Waals surface area contributed by atoms with E-state index in [1.807, 2.05) is 37.3 Å². The minimum absolute atomic E-state index is 0. The van der Waals surface area contributed by atoms with Crippen LogP contribution in [0, 0.1) is 5.92 Å². The zero-order valence-corrected chi connectivity index (χ0v) is 18.7. The smallest absolute Gasteiger partial charge is 0.191 e. The number of nitrogens with zero attached hydrogens (tertiary/aromatic N) is 2. The molecule has 1 saturated heterocycles. The van der Waals surface area contributed by atoms with Gasteiger partial charge in [-0.2, -0.15) is 0 Å². The van der Waals surface area contributed by atoms with Gasteiger partial charge < -0.3 is 20.6 Å². The van der Waals surface area contributed by atoms with Crippen molar-refractivity contribution in [1.82, 2.24) is 15.5 Å². The Hall–Kier alpha value is -0.860. The number of aliphatic imine (C=N–C) groups is 1. The Morgan fingerprint density at radius 1 is 1.31 bits per heavy atom. The van der Waals surface area contributed by atoms with Gasteiger partial charge in [-0.05, 0) is 44.7 Å². The third-order valence-electron chi connectivity index (χ3n) is 4.75. The van der Waals surface area contributed by atoms with Crippen molar-refractivity contribution in [3.05, 3.63) is 35.9 Å². The molecular formula is C20H35IN4O. The van der Waals surface area contributed by atoms with E-state index in [2.05, 4.69) is 34.4 Å². The number of likely N-dealkylation sites (tertiary alicyclic amines) is 1. The molecule has 1 fully saturated rings. The number of aliphatic hydroxyl groups is 1. The zero-order chi connectivity index (χ0) is 18.1. The normalized spacial score (nSPS) is 20.8. The molecule has 0 saturated carbocycles. The first kappa shape index (κ1) is 23.2. The summed E-state index contributed by atoms with van der Waals surface area (Å²) in [5, 5.41) is 17.3. The van der Waals surface area contributed by atoms with Crippen LogP contribution in [0.4, 0.5) is 0 Å². The lowest BCUT2D eigenvalue weighted by molar-refractivity contribution is 0.0672. The van der Waals surface area contributed by atoms with Crippen molar-refractivity contribution in [3.63, 3.8) is 0 Å². The number of rotatable bonds is 7. The van der Waals surface area contributed by atoms with E-state index >= 15 is 0 Å². The first-order chi connectivity index (χ1) is 12.0. The summed E-state index contributed by atoms with van der Waals surface area (Å²) in [7, 11) is 0. The monoisotopic (exact) mass is 474 g/mol. The van der Waals surface area contributed by atoms with E-state index in [-0.39, 0.29) is 24.0 Å². The van der Waals surface area contributed by atoms with Gasteiger partial charge in [-0.15, -0.1) is 24.0 Å². The molecule has 0 bridgehead atoms. The van der Waals surface area contributed by atoms with Crippen LogP contribution in [0.2, 0.25) is 0 Å². The van der Waals surface area contributed by atoms with Gasteiger partial charge in [0.2, 0.25) is 0 Å². The highest BCUT2D eigenvalue weighted by molar-refractivity contribution is 14.0. The first-order valence-corrected chi connectivity index (χ1v) is 9.53. The number of hydrogen-bond donors (Lipinski definition) is 3. The van der Waals surface area contributed by atoms with Crippen LogP contribution in [0.1, 0.15) is 39.2 Å². The second-order valence-electron chi connectivity index (χ2n) is 7.31. The molecule has 1 heterocycles. The van der Waals surface area contributed by atoms with E-state index in [0.29, 0.717) is 6.54 Å². The van der Waals surface area contributed by atoms with Crippen molar-refractivity contribution >= 4 is 29.9 Å². The van der Waals surface area contributed by atoms with Crippen LogP contribution in [-0.2, 0) is 5.60 Å². The highest BCUT2D eigenvalue weighted by Gasteiger charge is 2.22. The van der Waals surface area contributed by atoms with Crippen molar-refractivity contribution in [2.45, 2.75) is 39.2 Å². The van der Waals surface area contributed by atoms with Crippen LogP contribution in [0.25, 0.3) is 0 Å². The van der Waals surface area contributed by atoms with Gasteiger partial charge >= 0.3 is 0 Å². The molecule has 0 aliphatic carbocycles. The minimum Gasteiger partial charge on any atom is -0.384 e. The molecule has 26 heavy (non-hydrogen) atoms. The topological polar surface area (TPSA) is 59.9 Å². The molecule has 0 spiro atoms. The van der Waals surface area contributed by atoms with Gasteiger partial charge in [0.05, 0.1) is 6.54 Å². The lowest BCUT2D eigenvalue weighted by Gasteiger charge is -2.31. The van der Waals surface area contributed by atoms with Crippen molar-refractivity contribution in [2.75, 3.05) is 39.3 Å². The predicted molar refractivity (Wildman–Crippen MR) is 120 cm³/mol. The second-order valence-corrected chi connectivity index (χ2v) is 7.31. The average Bonchev–Trinajstić information content (AvgIpc) is 2.60. The van der Waals surface area contributed by atoms with E-state index in [4.69, 9.17) is 0 Å². The molecule has 0 radical (unpaired) electrons. The molecule has 0 aromatic heterocycles. The number of hydrogen-bond acceptors (Lipinski definition) is 3. The number of halogens is 1. The molecule has 0 amide bonds. The van der Waals surface area contributed by atoms with E-state index < -0.39 is 5.60 Å². The van der Waals surface area contributed by atoms with E-state index in [9.17, 15) is 5.11 Å². The van der Waals surface area contributed by atoms with Crippen LogP contribution in [0.3, 0.4) is 0 Å². The van der Waals surface area contributed by atoms with Crippen LogP contribution >= 0.6 is 24.0 Å². The minimum atomic E-state index is -0.966. The highest BCUT2D eigenvalue weighted by Crippen LogP contribution is 2.20. The first-order valence-electron chi connectivity index (χ1n) is 9.53. The van der Waals surface area contributed by atoms with E-state index in [0.717, 1.165) is 37.1 Å². The van der Waals surface area contributed by atoms with E-state index in [1.54, 1.807) is 0 Å². The van der Waals surface area contributed by atoms with Gasteiger partial charge in [-0.25, -0.2) is 4.99 Å². The van der Waals surface area contributed by atoms with Crippen LogP contribution < -0.4 is 10.6 Å². The summed E-state index contributed by atoms with van der Waals surface area (Å²) in [6.45, 7) is 11.6. The Morgan fingerprint density at radius 3 is 2.69 bits per heavy atom. The number of guanidine groups is 1.